The molecule has 1 fully saturated rings. The van der Waals surface area contributed by atoms with Crippen molar-refractivity contribution < 1.29 is 0 Å². The lowest BCUT2D eigenvalue weighted by atomic mass is 9.54. The molecular weight excluding hydrogens is 334 g/mol. The summed E-state index contributed by atoms with van der Waals surface area (Å²) in [7, 11) is 0. The normalized spacial score (nSPS) is 27.1. The van der Waals surface area contributed by atoms with Gasteiger partial charge in [-0.15, -0.1) is 0 Å². The Balaban J connectivity index is 2.23. The third-order valence-electron chi connectivity index (χ3n) is 5.99. The number of rotatable bonds is 2. The number of nitrogens with one attached hydrogen (secondary N) is 1. The van der Waals surface area contributed by atoms with Crippen LogP contribution in [0.5, 0.6) is 0 Å². The van der Waals surface area contributed by atoms with Crippen LogP contribution in [0.1, 0.15) is 30.9 Å². The number of nitrogens with zero attached hydrogens (tertiary/aromatic N) is 4. The Kier molecular flexibility index (Phi) is 4.88. The molecule has 27 heavy (non-hydrogen) atoms. The topological polar surface area (TPSA) is 98.5 Å². The molecule has 1 heterocycles. The number of fused-ring (bicyclic) bond motifs is 1. The quantitative estimate of drug-likeness (QED) is 0.818. The van der Waals surface area contributed by atoms with Crippen LogP contribution in [0.25, 0.3) is 0 Å². The molecule has 1 aliphatic heterocycles. The van der Waals surface area contributed by atoms with Gasteiger partial charge in [0.15, 0.2) is 5.41 Å². The summed E-state index contributed by atoms with van der Waals surface area (Å²) in [6.07, 6.45) is 2.04. The molecule has 5 nitrogen and oxygen atoms in total. The smallest absolute Gasteiger partial charge is 0.189 e. The second-order valence-electron chi connectivity index (χ2n) is 7.75. The van der Waals surface area contributed by atoms with Gasteiger partial charge in [-0.25, -0.2) is 0 Å². The maximum Gasteiger partial charge on any atom is 0.189 e. The fraction of sp³-hybridized carbons (Fsp3) is 0.455. The molecule has 1 aromatic rings. The molecule has 2 aliphatic rings. The second kappa shape index (κ2) is 6.99. The lowest BCUT2D eigenvalue weighted by molar-refractivity contribution is 0.171. The van der Waals surface area contributed by atoms with Gasteiger partial charge in [-0.2, -0.15) is 15.8 Å². The van der Waals surface area contributed by atoms with Crippen molar-refractivity contribution in [1.82, 2.24) is 4.90 Å². The van der Waals surface area contributed by atoms with E-state index in [0.29, 0.717) is 12.6 Å². The first-order valence-electron chi connectivity index (χ1n) is 9.21. The van der Waals surface area contributed by atoms with Gasteiger partial charge < -0.3 is 5.41 Å². The van der Waals surface area contributed by atoms with E-state index in [2.05, 4.69) is 37.0 Å². The Morgan fingerprint density at radius 3 is 2.30 bits per heavy atom. The van der Waals surface area contributed by atoms with E-state index in [1.54, 1.807) is 0 Å². The van der Waals surface area contributed by atoms with Crippen molar-refractivity contribution in [3.05, 3.63) is 47.0 Å². The maximum atomic E-state index is 10.0. The summed E-state index contributed by atoms with van der Waals surface area (Å²) in [5.41, 5.74) is 1.17. The van der Waals surface area contributed by atoms with Gasteiger partial charge in [-0.3, -0.25) is 4.90 Å². The van der Waals surface area contributed by atoms with E-state index in [-0.39, 0.29) is 11.6 Å². The van der Waals surface area contributed by atoms with Crippen molar-refractivity contribution >= 4 is 5.71 Å². The number of aryl methyl sites for hydroxylation is 1. The summed E-state index contributed by atoms with van der Waals surface area (Å²) < 4.78 is 0. The van der Waals surface area contributed by atoms with Gasteiger partial charge >= 0.3 is 0 Å². The van der Waals surface area contributed by atoms with E-state index >= 15 is 0 Å². The van der Waals surface area contributed by atoms with Crippen LogP contribution in [-0.2, 0) is 0 Å². The van der Waals surface area contributed by atoms with Gasteiger partial charge in [0.25, 0.3) is 0 Å². The second-order valence-corrected chi connectivity index (χ2v) is 7.75. The minimum atomic E-state index is -1.63. The molecule has 5 heteroatoms. The molecule has 0 unspecified atom stereocenters. The summed E-state index contributed by atoms with van der Waals surface area (Å²) in [5, 5.41) is 38.4. The standard InChI is InChI=1S/C22H23N5/c1-14(2)27-9-8-17-18(10-23)21(26)22(12-24,13-25)20(19(17)11-27)16-6-4-15(3)5-7-16/h4-8,14,18-20,26H,9,11H2,1-3H3/t18-,19-,20-/m0/s1. The highest BCUT2D eigenvalue weighted by Gasteiger charge is 2.57. The van der Waals surface area contributed by atoms with E-state index in [1.165, 1.54) is 0 Å². The van der Waals surface area contributed by atoms with Crippen LogP contribution in [0.4, 0.5) is 0 Å². The molecule has 3 atom stereocenters. The molecule has 1 aliphatic carbocycles. The van der Waals surface area contributed by atoms with Crippen LogP contribution in [-0.4, -0.2) is 29.7 Å². The Labute approximate surface area is 160 Å². The molecule has 0 radical (unpaired) electrons. The predicted molar refractivity (Wildman–Crippen MR) is 103 cm³/mol. The van der Waals surface area contributed by atoms with E-state index < -0.39 is 17.3 Å². The Morgan fingerprint density at radius 1 is 1.15 bits per heavy atom. The van der Waals surface area contributed by atoms with Gasteiger partial charge in [0, 0.05) is 31.0 Å². The Hall–Kier alpha value is -2.94. The zero-order valence-corrected chi connectivity index (χ0v) is 15.9. The van der Waals surface area contributed by atoms with Gasteiger partial charge in [0.1, 0.15) is 5.92 Å². The van der Waals surface area contributed by atoms with Crippen LogP contribution in [0.15, 0.2) is 35.9 Å². The summed E-state index contributed by atoms with van der Waals surface area (Å²) in [4.78, 5) is 2.29. The van der Waals surface area contributed by atoms with Crippen LogP contribution in [0, 0.1) is 63.6 Å². The van der Waals surface area contributed by atoms with Gasteiger partial charge in [-0.1, -0.05) is 35.9 Å². The van der Waals surface area contributed by atoms with Crippen molar-refractivity contribution in [1.29, 1.82) is 21.2 Å². The van der Waals surface area contributed by atoms with Gasteiger partial charge in [0.2, 0.25) is 0 Å². The SMILES string of the molecule is Cc1ccc([C@H]2[C@H]3CN(C(C)C)CC=C3[C@H](C#N)C(=N)C2(C#N)C#N)cc1. The molecule has 0 amide bonds. The Morgan fingerprint density at radius 2 is 1.78 bits per heavy atom. The molecule has 0 bridgehead atoms. The maximum absolute atomic E-state index is 10.0. The monoisotopic (exact) mass is 357 g/mol. The fourth-order valence-electron chi connectivity index (χ4n) is 4.40. The van der Waals surface area contributed by atoms with Crippen molar-refractivity contribution in [3.63, 3.8) is 0 Å². The average Bonchev–Trinajstić information content (AvgIpc) is 2.67. The minimum Gasteiger partial charge on any atom is -0.305 e. The summed E-state index contributed by atoms with van der Waals surface area (Å²) in [5.74, 6) is -1.40. The summed E-state index contributed by atoms with van der Waals surface area (Å²) in [6, 6.07) is 14.6. The zero-order valence-electron chi connectivity index (χ0n) is 15.9. The first-order valence-corrected chi connectivity index (χ1v) is 9.21. The van der Waals surface area contributed by atoms with E-state index in [1.807, 2.05) is 37.3 Å². The molecule has 0 aromatic heterocycles. The van der Waals surface area contributed by atoms with Crippen LogP contribution < -0.4 is 0 Å². The first-order chi connectivity index (χ1) is 12.9. The molecule has 1 aromatic carbocycles. The van der Waals surface area contributed by atoms with Crippen LogP contribution >= 0.6 is 0 Å². The summed E-state index contributed by atoms with van der Waals surface area (Å²) >= 11 is 0. The number of hydrogen-bond acceptors (Lipinski definition) is 5. The molecule has 136 valence electrons. The van der Waals surface area contributed by atoms with Crippen molar-refractivity contribution in [2.45, 2.75) is 32.7 Å². The Bertz CT molecular complexity index is 890. The van der Waals surface area contributed by atoms with Crippen molar-refractivity contribution in [2.75, 3.05) is 13.1 Å². The highest BCUT2D eigenvalue weighted by molar-refractivity contribution is 6.00. The van der Waals surface area contributed by atoms with E-state index in [0.717, 1.165) is 23.2 Å². The highest BCUT2D eigenvalue weighted by Crippen LogP contribution is 2.53. The number of hydrogen-bond donors (Lipinski definition) is 1. The van der Waals surface area contributed by atoms with Crippen LogP contribution in [0.2, 0.25) is 0 Å². The lowest BCUT2D eigenvalue weighted by Gasteiger charge is -2.48. The molecular formula is C22H23N5. The van der Waals surface area contributed by atoms with Gasteiger partial charge in [-0.05, 0) is 31.9 Å². The molecule has 0 spiro atoms. The highest BCUT2D eigenvalue weighted by atomic mass is 15.2. The van der Waals surface area contributed by atoms with Gasteiger partial charge in [0.05, 0.1) is 23.9 Å². The number of benzene rings is 1. The van der Waals surface area contributed by atoms with Crippen molar-refractivity contribution in [3.8, 4) is 18.2 Å². The largest absolute Gasteiger partial charge is 0.305 e. The average molecular weight is 357 g/mol. The minimum absolute atomic E-state index is 0.0823. The number of nitriles is 3. The molecule has 3 rings (SSSR count). The third-order valence-corrected chi connectivity index (χ3v) is 5.99. The molecule has 1 saturated carbocycles. The molecule has 1 N–H and O–H groups in total. The first kappa shape index (κ1) is 18.8. The third kappa shape index (κ3) is 2.84. The van der Waals surface area contributed by atoms with Crippen molar-refractivity contribution in [2.24, 2.45) is 17.3 Å². The van der Waals surface area contributed by atoms with E-state index in [9.17, 15) is 15.8 Å². The fourth-order valence-corrected chi connectivity index (χ4v) is 4.40. The molecule has 0 saturated heterocycles. The zero-order chi connectivity index (χ0) is 19.8. The lowest BCUT2D eigenvalue weighted by Crippen LogP contribution is -2.53. The predicted octanol–water partition coefficient (Wildman–Crippen LogP) is 3.55. The van der Waals surface area contributed by atoms with E-state index in [4.69, 9.17) is 5.41 Å². The summed E-state index contributed by atoms with van der Waals surface area (Å²) in [6.45, 7) is 7.63. The van der Waals surface area contributed by atoms with Crippen LogP contribution in [0.3, 0.4) is 0 Å².